The number of aromatic amines is 1. The Bertz CT molecular complexity index is 996. The Morgan fingerprint density at radius 2 is 1.90 bits per heavy atom. The molecule has 1 atom stereocenters. The Kier molecular flexibility index (Phi) is 5.22. The van der Waals surface area contributed by atoms with Gasteiger partial charge in [-0.25, -0.2) is 4.98 Å². The van der Waals surface area contributed by atoms with Gasteiger partial charge in [-0.1, -0.05) is 17.7 Å². The van der Waals surface area contributed by atoms with Gasteiger partial charge in [-0.15, -0.1) is 0 Å². The van der Waals surface area contributed by atoms with Gasteiger partial charge in [-0.2, -0.15) is 0 Å². The summed E-state index contributed by atoms with van der Waals surface area (Å²) in [6.07, 6.45) is 3.17. The van der Waals surface area contributed by atoms with Crippen LogP contribution in [0.3, 0.4) is 0 Å². The van der Waals surface area contributed by atoms with Gasteiger partial charge in [0, 0.05) is 31.1 Å². The predicted octanol–water partition coefficient (Wildman–Crippen LogP) is 2.35. The molecule has 0 spiro atoms. The molecule has 7 nitrogen and oxygen atoms in total. The number of nitrogens with one attached hydrogen (secondary N) is 1. The van der Waals surface area contributed by atoms with Crippen molar-refractivity contribution < 1.29 is 9.59 Å². The lowest BCUT2D eigenvalue weighted by atomic mass is 9.99. The van der Waals surface area contributed by atoms with Crippen LogP contribution in [0.4, 0.5) is 0 Å². The number of nitrogens with zero attached hydrogens (tertiary/aromatic N) is 3. The quantitative estimate of drug-likeness (QED) is 0.847. The van der Waals surface area contributed by atoms with E-state index in [1.54, 1.807) is 4.90 Å². The summed E-state index contributed by atoms with van der Waals surface area (Å²) in [7, 11) is 0. The monoisotopic (exact) mass is 394 g/mol. The van der Waals surface area contributed by atoms with E-state index in [0.29, 0.717) is 48.7 Å². The van der Waals surface area contributed by atoms with Crippen LogP contribution in [0.25, 0.3) is 0 Å². The number of aromatic nitrogens is 2. The highest BCUT2D eigenvalue weighted by atomic mass is 16.2. The van der Waals surface area contributed by atoms with E-state index in [2.05, 4.69) is 4.98 Å². The largest absolute Gasteiger partial charge is 0.337 e. The smallest absolute Gasteiger partial charge is 0.254 e. The molecule has 0 saturated carbocycles. The van der Waals surface area contributed by atoms with Crippen LogP contribution in [0, 0.1) is 6.92 Å². The van der Waals surface area contributed by atoms with E-state index in [9.17, 15) is 14.4 Å². The van der Waals surface area contributed by atoms with E-state index in [1.165, 1.54) is 6.92 Å². The Balaban J connectivity index is 1.67. The van der Waals surface area contributed by atoms with E-state index in [4.69, 9.17) is 4.98 Å². The van der Waals surface area contributed by atoms with Gasteiger partial charge in [-0.3, -0.25) is 14.4 Å². The first-order chi connectivity index (χ1) is 13.9. The van der Waals surface area contributed by atoms with Crippen LogP contribution in [0.1, 0.15) is 65.2 Å². The van der Waals surface area contributed by atoms with Crippen LogP contribution in [-0.2, 0) is 17.8 Å². The van der Waals surface area contributed by atoms with Gasteiger partial charge in [0.2, 0.25) is 5.91 Å². The lowest BCUT2D eigenvalue weighted by Gasteiger charge is -2.36. The number of rotatable bonds is 2. The Hall–Kier alpha value is -2.96. The molecule has 0 radical (unpaired) electrons. The maximum Gasteiger partial charge on any atom is 0.254 e. The van der Waals surface area contributed by atoms with Crippen molar-refractivity contribution in [2.45, 2.75) is 52.1 Å². The van der Waals surface area contributed by atoms with Crippen molar-refractivity contribution in [3.63, 3.8) is 0 Å². The number of amides is 2. The fraction of sp³-hybridized carbons (Fsp3) is 0.455. The van der Waals surface area contributed by atoms with E-state index in [1.807, 2.05) is 36.1 Å². The highest BCUT2D eigenvalue weighted by molar-refractivity contribution is 5.94. The van der Waals surface area contributed by atoms with Crippen LogP contribution in [0.15, 0.2) is 29.1 Å². The van der Waals surface area contributed by atoms with Crippen LogP contribution in [0.5, 0.6) is 0 Å². The summed E-state index contributed by atoms with van der Waals surface area (Å²) >= 11 is 0. The van der Waals surface area contributed by atoms with E-state index < -0.39 is 0 Å². The molecule has 3 heterocycles. The summed E-state index contributed by atoms with van der Waals surface area (Å²) in [4.78, 5) is 48.8. The van der Waals surface area contributed by atoms with Crippen molar-refractivity contribution in [2.24, 2.45) is 0 Å². The third-order valence-electron chi connectivity index (χ3n) is 5.91. The normalized spacial score (nSPS) is 19.0. The molecule has 29 heavy (non-hydrogen) atoms. The van der Waals surface area contributed by atoms with E-state index in [-0.39, 0.29) is 23.4 Å². The van der Waals surface area contributed by atoms with E-state index >= 15 is 0 Å². The standard InChI is InChI=1S/C22H26N4O3/c1-14-6-8-16(9-7-14)22(29)26-11-4-3-5-19(26)20-23-18-13-25(15(2)27)12-10-17(18)21(28)24-20/h6-9,19H,3-5,10-13H2,1-2H3,(H,23,24,28). The molecular weight excluding hydrogens is 368 g/mol. The molecular formula is C22H26N4O3. The molecule has 0 aliphatic carbocycles. The second kappa shape index (κ2) is 7.81. The SMILES string of the molecule is CC(=O)N1CCc2c(nc(C3CCCCN3C(=O)c3ccc(C)cc3)[nH]c2=O)C1. The molecule has 1 unspecified atom stereocenters. The number of H-pyrrole nitrogens is 1. The third kappa shape index (κ3) is 3.81. The molecule has 4 rings (SSSR count). The molecule has 2 amide bonds. The molecule has 7 heteroatoms. The lowest BCUT2D eigenvalue weighted by Crippen LogP contribution is -2.42. The number of hydrogen-bond donors (Lipinski definition) is 1. The third-order valence-corrected chi connectivity index (χ3v) is 5.91. The van der Waals surface area contributed by atoms with E-state index in [0.717, 1.165) is 24.8 Å². The molecule has 152 valence electrons. The fourth-order valence-corrected chi connectivity index (χ4v) is 4.21. The first kappa shape index (κ1) is 19.4. The van der Waals surface area contributed by atoms with Crippen LogP contribution < -0.4 is 5.56 Å². The number of carbonyl (C=O) groups excluding carboxylic acids is 2. The number of fused-ring (bicyclic) bond motifs is 1. The summed E-state index contributed by atoms with van der Waals surface area (Å²) < 4.78 is 0. The number of hydrogen-bond acceptors (Lipinski definition) is 4. The summed E-state index contributed by atoms with van der Waals surface area (Å²) in [5.74, 6) is 0.466. The Morgan fingerprint density at radius 3 is 2.62 bits per heavy atom. The summed E-state index contributed by atoms with van der Waals surface area (Å²) in [6, 6.07) is 7.29. The predicted molar refractivity (Wildman–Crippen MR) is 108 cm³/mol. The van der Waals surface area contributed by atoms with Crippen molar-refractivity contribution in [3.8, 4) is 0 Å². The van der Waals surface area contributed by atoms with Gasteiger partial charge in [0.25, 0.3) is 11.5 Å². The number of piperidine rings is 1. The number of benzene rings is 1. The minimum atomic E-state index is -0.261. The molecule has 1 aromatic heterocycles. The minimum Gasteiger partial charge on any atom is -0.337 e. The van der Waals surface area contributed by atoms with Gasteiger partial charge in [0.05, 0.1) is 18.3 Å². The van der Waals surface area contributed by atoms with Crippen LogP contribution in [-0.4, -0.2) is 44.7 Å². The van der Waals surface area contributed by atoms with Gasteiger partial charge in [-0.05, 0) is 44.7 Å². The summed E-state index contributed by atoms with van der Waals surface area (Å²) in [5.41, 5.74) is 2.90. The second-order valence-corrected chi connectivity index (χ2v) is 7.94. The van der Waals surface area contributed by atoms with Crippen molar-refractivity contribution in [2.75, 3.05) is 13.1 Å². The molecule has 1 saturated heterocycles. The van der Waals surface area contributed by atoms with Crippen molar-refractivity contribution >= 4 is 11.8 Å². The maximum absolute atomic E-state index is 13.2. The zero-order valence-corrected chi connectivity index (χ0v) is 16.9. The highest BCUT2D eigenvalue weighted by Gasteiger charge is 2.32. The zero-order chi connectivity index (χ0) is 20.5. The van der Waals surface area contributed by atoms with Gasteiger partial charge < -0.3 is 14.8 Å². The fourth-order valence-electron chi connectivity index (χ4n) is 4.21. The average molecular weight is 394 g/mol. The summed E-state index contributed by atoms with van der Waals surface area (Å²) in [6.45, 7) is 5.04. The Morgan fingerprint density at radius 1 is 1.14 bits per heavy atom. The molecule has 0 bridgehead atoms. The molecule has 1 fully saturated rings. The summed E-state index contributed by atoms with van der Waals surface area (Å²) in [5, 5.41) is 0. The minimum absolute atomic E-state index is 0.0203. The van der Waals surface area contributed by atoms with Crippen molar-refractivity contribution in [1.82, 2.24) is 19.8 Å². The van der Waals surface area contributed by atoms with Gasteiger partial charge in [0.15, 0.2) is 0 Å². The topological polar surface area (TPSA) is 86.4 Å². The highest BCUT2D eigenvalue weighted by Crippen LogP contribution is 2.30. The average Bonchev–Trinajstić information content (AvgIpc) is 2.73. The molecule has 2 aromatic rings. The Labute approximate surface area is 169 Å². The maximum atomic E-state index is 13.2. The van der Waals surface area contributed by atoms with Crippen LogP contribution in [0.2, 0.25) is 0 Å². The number of carbonyl (C=O) groups is 2. The molecule has 2 aliphatic rings. The molecule has 1 aromatic carbocycles. The molecule has 1 N–H and O–H groups in total. The van der Waals surface area contributed by atoms with Crippen molar-refractivity contribution in [1.29, 1.82) is 0 Å². The zero-order valence-electron chi connectivity index (χ0n) is 16.9. The van der Waals surface area contributed by atoms with Gasteiger partial charge >= 0.3 is 0 Å². The number of likely N-dealkylation sites (tertiary alicyclic amines) is 1. The lowest BCUT2D eigenvalue weighted by molar-refractivity contribution is -0.129. The van der Waals surface area contributed by atoms with Gasteiger partial charge in [0.1, 0.15) is 5.82 Å². The number of aryl methyl sites for hydroxylation is 1. The second-order valence-electron chi connectivity index (χ2n) is 7.94. The van der Waals surface area contributed by atoms with Crippen LogP contribution >= 0.6 is 0 Å². The van der Waals surface area contributed by atoms with Crippen molar-refractivity contribution in [3.05, 3.63) is 62.8 Å². The molecule has 2 aliphatic heterocycles. The first-order valence-corrected chi connectivity index (χ1v) is 10.2. The first-order valence-electron chi connectivity index (χ1n) is 10.2.